The molecule has 0 saturated heterocycles. The van der Waals surface area contributed by atoms with Crippen molar-refractivity contribution in [2.24, 2.45) is 0 Å². The quantitative estimate of drug-likeness (QED) is 0.454. The molecular weight excluding hydrogens is 302 g/mol. The van der Waals surface area contributed by atoms with E-state index in [1.54, 1.807) is 0 Å². The molecule has 0 amide bonds. The van der Waals surface area contributed by atoms with Gasteiger partial charge in [0.15, 0.2) is 17.4 Å². The van der Waals surface area contributed by atoms with Crippen molar-refractivity contribution in [2.45, 2.75) is 38.9 Å². The van der Waals surface area contributed by atoms with E-state index in [1.165, 1.54) is 0 Å². The summed E-state index contributed by atoms with van der Waals surface area (Å²) < 4.78 is 32.6. The third kappa shape index (κ3) is 3.58. The van der Waals surface area contributed by atoms with Crippen LogP contribution in [-0.2, 0) is 0 Å². The van der Waals surface area contributed by atoms with Gasteiger partial charge in [-0.05, 0) is 24.2 Å². The Morgan fingerprint density at radius 2 is 1.75 bits per heavy atom. The van der Waals surface area contributed by atoms with Gasteiger partial charge in [0.2, 0.25) is 0 Å². The first-order chi connectivity index (χ1) is 8.99. The molecule has 0 aromatic heterocycles. The van der Waals surface area contributed by atoms with Crippen molar-refractivity contribution in [3.63, 3.8) is 0 Å². The predicted octanol–water partition coefficient (Wildman–Crippen LogP) is 4.77. The fourth-order valence-electron chi connectivity index (χ4n) is 1.33. The molecule has 1 aromatic rings. The second kappa shape index (κ2) is 5.82. The summed E-state index contributed by atoms with van der Waals surface area (Å²) in [6.07, 6.45) is 0. The van der Waals surface area contributed by atoms with Gasteiger partial charge in [0, 0.05) is 6.07 Å². The van der Waals surface area contributed by atoms with Gasteiger partial charge in [-0.2, -0.15) is 0 Å². The highest BCUT2D eigenvalue weighted by Gasteiger charge is 2.39. The summed E-state index contributed by atoms with van der Waals surface area (Å²) in [5, 5.41) is -0.126. The van der Waals surface area contributed by atoms with Gasteiger partial charge in [-0.3, -0.25) is 4.79 Å². The highest BCUT2D eigenvalue weighted by molar-refractivity contribution is 6.74. The molecule has 6 heteroatoms. The van der Waals surface area contributed by atoms with Crippen LogP contribution >= 0.6 is 11.6 Å². The summed E-state index contributed by atoms with van der Waals surface area (Å²) in [5.74, 6) is -2.84. The summed E-state index contributed by atoms with van der Waals surface area (Å²) in [7, 11) is -2.26. The maximum Gasteiger partial charge on any atom is 0.250 e. The van der Waals surface area contributed by atoms with E-state index in [0.29, 0.717) is 0 Å². The number of Topliss-reactive ketones (excluding diaryl/α,β-unsaturated/α-hetero) is 1. The number of carbonyl (C=O) groups excluding carboxylic acids is 1. The zero-order valence-electron chi connectivity index (χ0n) is 12.3. The Bertz CT molecular complexity index is 525. The molecule has 112 valence electrons. The molecule has 0 fully saturated rings. The highest BCUT2D eigenvalue weighted by Crippen LogP contribution is 2.38. The number of rotatable bonds is 4. The first kappa shape index (κ1) is 17.1. The van der Waals surface area contributed by atoms with E-state index in [1.807, 2.05) is 33.9 Å². The Kier molecular flexibility index (Phi) is 4.97. The molecule has 1 rings (SSSR count). The molecule has 0 atom stereocenters. The standard InChI is InChI=1S/C14H19ClF2O2Si/c1-14(2,3)20(4,5)19-13-7-11(17)10(16)6-9(13)12(18)8-15/h6-7H,8H2,1-5H3. The lowest BCUT2D eigenvalue weighted by Gasteiger charge is -2.36. The van der Waals surface area contributed by atoms with Crippen molar-refractivity contribution in [1.82, 2.24) is 0 Å². The summed E-state index contributed by atoms with van der Waals surface area (Å²) >= 11 is 5.50. The van der Waals surface area contributed by atoms with Crippen LogP contribution in [0.3, 0.4) is 0 Å². The van der Waals surface area contributed by atoms with Crippen LogP contribution in [0.15, 0.2) is 12.1 Å². The SMILES string of the molecule is CC(C)(C)[Si](C)(C)Oc1cc(F)c(F)cc1C(=O)CCl. The number of hydrogen-bond donors (Lipinski definition) is 0. The minimum Gasteiger partial charge on any atom is -0.543 e. The van der Waals surface area contributed by atoms with Crippen molar-refractivity contribution >= 4 is 25.7 Å². The minimum atomic E-state index is -2.26. The summed E-state index contributed by atoms with van der Waals surface area (Å²) in [6.45, 7) is 9.97. The van der Waals surface area contributed by atoms with Gasteiger partial charge >= 0.3 is 0 Å². The summed E-state index contributed by atoms with van der Waals surface area (Å²) in [6, 6.07) is 1.78. The van der Waals surface area contributed by atoms with Gasteiger partial charge in [0.1, 0.15) is 5.75 Å². The van der Waals surface area contributed by atoms with E-state index in [4.69, 9.17) is 16.0 Å². The zero-order valence-corrected chi connectivity index (χ0v) is 14.1. The van der Waals surface area contributed by atoms with Gasteiger partial charge in [-0.1, -0.05) is 20.8 Å². The second-order valence-electron chi connectivity index (χ2n) is 6.18. The maximum atomic E-state index is 13.4. The molecule has 0 aliphatic heterocycles. The van der Waals surface area contributed by atoms with E-state index in [-0.39, 0.29) is 22.2 Å². The fourth-order valence-corrected chi connectivity index (χ4v) is 2.50. The van der Waals surface area contributed by atoms with Crippen LogP contribution in [0.1, 0.15) is 31.1 Å². The highest BCUT2D eigenvalue weighted by atomic mass is 35.5. The molecule has 0 saturated carbocycles. The van der Waals surface area contributed by atoms with E-state index in [2.05, 4.69) is 0 Å². The van der Waals surface area contributed by atoms with Crippen molar-refractivity contribution in [3.05, 3.63) is 29.3 Å². The molecule has 0 bridgehead atoms. The van der Waals surface area contributed by atoms with Crippen molar-refractivity contribution in [1.29, 1.82) is 0 Å². The molecule has 0 heterocycles. The van der Waals surface area contributed by atoms with Crippen molar-refractivity contribution < 1.29 is 18.0 Å². The van der Waals surface area contributed by atoms with Gasteiger partial charge < -0.3 is 4.43 Å². The van der Waals surface area contributed by atoms with Gasteiger partial charge in [0.25, 0.3) is 8.32 Å². The minimum absolute atomic E-state index is 0.0104. The van der Waals surface area contributed by atoms with Crippen LogP contribution in [0.5, 0.6) is 5.75 Å². The lowest BCUT2D eigenvalue weighted by Crippen LogP contribution is -2.44. The Morgan fingerprint density at radius 1 is 1.25 bits per heavy atom. The van der Waals surface area contributed by atoms with Crippen LogP contribution in [0.4, 0.5) is 8.78 Å². The van der Waals surface area contributed by atoms with Crippen molar-refractivity contribution in [3.8, 4) is 5.75 Å². The first-order valence-electron chi connectivity index (χ1n) is 6.27. The number of carbonyl (C=O) groups is 1. The maximum absolute atomic E-state index is 13.4. The number of alkyl halides is 1. The van der Waals surface area contributed by atoms with Crippen LogP contribution in [0.25, 0.3) is 0 Å². The van der Waals surface area contributed by atoms with Gasteiger partial charge in [-0.25, -0.2) is 8.78 Å². The molecule has 0 unspecified atom stereocenters. The normalized spacial score (nSPS) is 12.4. The monoisotopic (exact) mass is 320 g/mol. The van der Waals surface area contributed by atoms with Crippen LogP contribution in [-0.4, -0.2) is 20.0 Å². The predicted molar refractivity (Wildman–Crippen MR) is 79.2 cm³/mol. The fraction of sp³-hybridized carbons (Fsp3) is 0.500. The molecule has 0 spiro atoms. The number of ketones is 1. The van der Waals surface area contributed by atoms with E-state index < -0.39 is 25.7 Å². The zero-order chi connectivity index (χ0) is 15.7. The van der Waals surface area contributed by atoms with Gasteiger partial charge in [-0.15, -0.1) is 11.6 Å². The molecule has 20 heavy (non-hydrogen) atoms. The van der Waals surface area contributed by atoms with Crippen LogP contribution in [0.2, 0.25) is 18.1 Å². The molecule has 0 aliphatic carbocycles. The topological polar surface area (TPSA) is 26.3 Å². The number of hydrogen-bond acceptors (Lipinski definition) is 2. The Balaban J connectivity index is 3.30. The molecule has 0 aliphatic rings. The smallest absolute Gasteiger partial charge is 0.250 e. The molecule has 2 nitrogen and oxygen atoms in total. The largest absolute Gasteiger partial charge is 0.543 e. The lowest BCUT2D eigenvalue weighted by molar-refractivity contribution is 0.101. The van der Waals surface area contributed by atoms with E-state index in [9.17, 15) is 13.6 Å². The average Bonchev–Trinajstić information content (AvgIpc) is 2.30. The molecule has 1 aromatic carbocycles. The summed E-state index contributed by atoms with van der Waals surface area (Å²) in [4.78, 5) is 11.7. The van der Waals surface area contributed by atoms with E-state index >= 15 is 0 Å². The first-order valence-corrected chi connectivity index (χ1v) is 9.71. The average molecular weight is 321 g/mol. The third-order valence-electron chi connectivity index (χ3n) is 3.62. The molecule has 0 N–H and O–H groups in total. The van der Waals surface area contributed by atoms with Crippen molar-refractivity contribution in [2.75, 3.05) is 5.88 Å². The Hall–Kier alpha value is -0.943. The van der Waals surface area contributed by atoms with Crippen LogP contribution in [0, 0.1) is 11.6 Å². The Morgan fingerprint density at radius 3 is 2.20 bits per heavy atom. The Labute approximate surface area is 124 Å². The number of halogens is 3. The van der Waals surface area contributed by atoms with E-state index in [0.717, 1.165) is 12.1 Å². The lowest BCUT2D eigenvalue weighted by atomic mass is 10.1. The molecular formula is C14H19ClF2O2Si. The third-order valence-corrected chi connectivity index (χ3v) is 8.20. The molecule has 0 radical (unpaired) electrons. The number of benzene rings is 1. The van der Waals surface area contributed by atoms with Crippen LogP contribution < -0.4 is 4.43 Å². The second-order valence-corrected chi connectivity index (χ2v) is 11.2. The van der Waals surface area contributed by atoms with Gasteiger partial charge in [0.05, 0.1) is 11.4 Å². The summed E-state index contributed by atoms with van der Waals surface area (Å²) in [5.41, 5.74) is -0.0104.